The van der Waals surface area contributed by atoms with Crippen molar-refractivity contribution in [2.75, 3.05) is 9.80 Å². The highest BCUT2D eigenvalue weighted by Gasteiger charge is 2.39. The molecule has 0 bridgehead atoms. The lowest BCUT2D eigenvalue weighted by molar-refractivity contribution is 0.489. The zero-order chi connectivity index (χ0) is 38.8. The van der Waals surface area contributed by atoms with E-state index in [1.54, 1.807) is 0 Å². The van der Waals surface area contributed by atoms with Crippen LogP contribution < -0.4 is 14.5 Å². The number of hydrogen-bond donors (Lipinski definition) is 0. The molecule has 0 unspecified atom stereocenters. The maximum atomic E-state index is 7.50. The second-order valence-electron chi connectivity index (χ2n) is 15.7. The van der Waals surface area contributed by atoms with Gasteiger partial charge in [-0.1, -0.05) is 166 Å². The molecule has 0 saturated heterocycles. The van der Waals surface area contributed by atoms with Gasteiger partial charge in [0.05, 0.1) is 17.1 Å². The normalized spacial score (nSPS) is 12.9. The van der Waals surface area contributed by atoms with Gasteiger partial charge in [-0.3, -0.25) is 0 Å². The molecule has 1 aliphatic carbocycles. The van der Waals surface area contributed by atoms with Gasteiger partial charge < -0.3 is 14.5 Å². The highest BCUT2D eigenvalue weighted by atomic mass is 16.5. The molecule has 0 N–H and O–H groups in total. The summed E-state index contributed by atoms with van der Waals surface area (Å²) in [6.07, 6.45) is 0. The second kappa shape index (κ2) is 13.4. The predicted octanol–water partition coefficient (Wildman–Crippen LogP) is 15.5. The van der Waals surface area contributed by atoms with Crippen LogP contribution in [0.4, 0.5) is 34.1 Å². The van der Waals surface area contributed by atoms with Gasteiger partial charge in [0.15, 0.2) is 11.5 Å². The molecule has 0 saturated carbocycles. The van der Waals surface area contributed by atoms with Gasteiger partial charge in [-0.2, -0.15) is 0 Å². The first-order valence-electron chi connectivity index (χ1n) is 20.0. The molecule has 0 spiro atoms. The van der Waals surface area contributed by atoms with E-state index in [9.17, 15) is 0 Å². The van der Waals surface area contributed by atoms with Crippen LogP contribution in [0, 0.1) is 0 Å². The van der Waals surface area contributed by atoms with Gasteiger partial charge in [-0.25, -0.2) is 0 Å². The molecule has 0 fully saturated rings. The Balaban J connectivity index is 1.16. The first-order chi connectivity index (χ1) is 28.6. The van der Waals surface area contributed by atoms with Crippen LogP contribution in [0.3, 0.4) is 0 Å². The van der Waals surface area contributed by atoms with E-state index >= 15 is 0 Å². The lowest BCUT2D eigenvalue weighted by atomic mass is 9.81. The molecular formula is C55H40N2O. The Hall–Kier alpha value is -7.36. The second-order valence-corrected chi connectivity index (χ2v) is 15.7. The van der Waals surface area contributed by atoms with E-state index in [1.165, 1.54) is 33.4 Å². The molecule has 276 valence electrons. The highest BCUT2D eigenvalue weighted by Crippen LogP contribution is 2.59. The van der Waals surface area contributed by atoms with Crippen molar-refractivity contribution in [1.29, 1.82) is 0 Å². The smallest absolute Gasteiger partial charge is 0.160 e. The standard InChI is InChI=1S/C55H40N2O/c1-55(2)47-28-13-12-24-43(47)45-26-15-29-48(52(45)55)57(42-34-31-38(32-35-42)37-17-6-3-7-18-37)50-36-33-39-19-14-25-44-46-27-16-30-49(53(46)58-54(50)51(39)44)56(40-20-8-4-9-21-40)41-22-10-5-11-23-41/h3-36H,1-2H3. The van der Waals surface area contributed by atoms with Gasteiger partial charge in [0, 0.05) is 33.4 Å². The number of fused-ring (bicyclic) bond motifs is 5. The molecule has 0 amide bonds. The summed E-state index contributed by atoms with van der Waals surface area (Å²) in [5.74, 6) is 1.67. The molecule has 3 nitrogen and oxygen atoms in total. The number of anilines is 6. The van der Waals surface area contributed by atoms with E-state index in [0.717, 1.165) is 67.5 Å². The molecule has 0 radical (unpaired) electrons. The Morgan fingerprint density at radius 2 is 0.897 bits per heavy atom. The average Bonchev–Trinajstić information content (AvgIpc) is 3.52. The van der Waals surface area contributed by atoms with E-state index in [2.05, 4.69) is 230 Å². The zero-order valence-electron chi connectivity index (χ0n) is 32.4. The third kappa shape index (κ3) is 5.28. The minimum absolute atomic E-state index is 0.240. The largest absolute Gasteiger partial charge is 0.452 e. The quantitative estimate of drug-likeness (QED) is 0.162. The van der Waals surface area contributed by atoms with Crippen molar-refractivity contribution in [3.05, 3.63) is 217 Å². The number of benzene rings is 9. The lowest BCUT2D eigenvalue weighted by Gasteiger charge is -2.35. The van der Waals surface area contributed by atoms with E-state index in [1.807, 2.05) is 0 Å². The van der Waals surface area contributed by atoms with Crippen LogP contribution in [0.25, 0.3) is 44.2 Å². The average molecular weight is 745 g/mol. The fourth-order valence-corrected chi connectivity index (χ4v) is 9.39. The van der Waals surface area contributed by atoms with Crippen LogP contribution >= 0.6 is 0 Å². The molecular weight excluding hydrogens is 705 g/mol. The van der Waals surface area contributed by atoms with Crippen molar-refractivity contribution < 1.29 is 4.74 Å². The molecule has 3 heteroatoms. The maximum absolute atomic E-state index is 7.50. The third-order valence-electron chi connectivity index (χ3n) is 12.0. The Kier molecular flexibility index (Phi) is 7.84. The minimum atomic E-state index is -0.240. The Bertz CT molecular complexity index is 2950. The number of rotatable bonds is 7. The number of ether oxygens (including phenoxy) is 1. The number of para-hydroxylation sites is 3. The van der Waals surface area contributed by atoms with Gasteiger partial charge in [0.2, 0.25) is 0 Å². The van der Waals surface area contributed by atoms with Gasteiger partial charge in [0.1, 0.15) is 0 Å². The van der Waals surface area contributed by atoms with Gasteiger partial charge in [0.25, 0.3) is 0 Å². The van der Waals surface area contributed by atoms with E-state index < -0.39 is 0 Å². The van der Waals surface area contributed by atoms with Crippen molar-refractivity contribution in [2.24, 2.45) is 0 Å². The summed E-state index contributed by atoms with van der Waals surface area (Å²) in [7, 11) is 0. The van der Waals surface area contributed by atoms with Gasteiger partial charge >= 0.3 is 0 Å². The molecule has 1 heterocycles. The Morgan fingerprint density at radius 1 is 0.362 bits per heavy atom. The monoisotopic (exact) mass is 744 g/mol. The Morgan fingerprint density at radius 3 is 1.62 bits per heavy atom. The summed E-state index contributed by atoms with van der Waals surface area (Å²) in [6.45, 7) is 4.72. The van der Waals surface area contributed by atoms with Gasteiger partial charge in [-0.15, -0.1) is 0 Å². The summed E-state index contributed by atoms with van der Waals surface area (Å²) < 4.78 is 7.50. The van der Waals surface area contributed by atoms with E-state index in [0.29, 0.717) is 0 Å². The summed E-state index contributed by atoms with van der Waals surface area (Å²) in [4.78, 5) is 4.74. The van der Waals surface area contributed by atoms with Crippen molar-refractivity contribution in [3.63, 3.8) is 0 Å². The van der Waals surface area contributed by atoms with Crippen LogP contribution in [-0.2, 0) is 5.41 Å². The molecule has 1 aliphatic heterocycles. The fourth-order valence-electron chi connectivity index (χ4n) is 9.39. The summed E-state index contributed by atoms with van der Waals surface area (Å²) >= 11 is 0. The van der Waals surface area contributed by atoms with E-state index in [-0.39, 0.29) is 5.41 Å². The molecule has 11 rings (SSSR count). The fraction of sp³-hybridized carbons (Fsp3) is 0.0545. The molecule has 0 atom stereocenters. The van der Waals surface area contributed by atoms with Gasteiger partial charge in [-0.05, 0) is 98.9 Å². The van der Waals surface area contributed by atoms with Crippen LogP contribution in [0.5, 0.6) is 11.5 Å². The van der Waals surface area contributed by atoms with E-state index in [4.69, 9.17) is 4.74 Å². The van der Waals surface area contributed by atoms with Crippen LogP contribution in [0.1, 0.15) is 25.0 Å². The first kappa shape index (κ1) is 33.9. The third-order valence-corrected chi connectivity index (χ3v) is 12.0. The van der Waals surface area contributed by atoms with Crippen molar-refractivity contribution in [2.45, 2.75) is 19.3 Å². The summed E-state index contributed by atoms with van der Waals surface area (Å²) in [6, 6.07) is 74.0. The molecule has 0 aromatic heterocycles. The van der Waals surface area contributed by atoms with Crippen LogP contribution in [-0.4, -0.2) is 0 Å². The van der Waals surface area contributed by atoms with Crippen LogP contribution in [0.15, 0.2) is 206 Å². The Labute approximate surface area is 339 Å². The number of nitrogens with zero attached hydrogens (tertiary/aromatic N) is 2. The zero-order valence-corrected chi connectivity index (χ0v) is 32.4. The van der Waals surface area contributed by atoms with Crippen molar-refractivity contribution in [3.8, 4) is 44.9 Å². The molecule has 58 heavy (non-hydrogen) atoms. The molecule has 9 aromatic rings. The van der Waals surface area contributed by atoms with Crippen molar-refractivity contribution in [1.82, 2.24) is 0 Å². The maximum Gasteiger partial charge on any atom is 0.160 e. The molecule has 9 aromatic carbocycles. The van der Waals surface area contributed by atoms with Crippen LogP contribution in [0.2, 0.25) is 0 Å². The topological polar surface area (TPSA) is 15.7 Å². The first-order valence-corrected chi connectivity index (χ1v) is 20.0. The number of hydrogen-bond acceptors (Lipinski definition) is 3. The SMILES string of the molecule is CC1(C)c2ccccc2-c2cccc(N(c3ccc(-c4ccccc4)cc3)c3ccc4cccc5c4c3Oc3c-5cccc3N(c3ccccc3)c3ccccc3)c21. The lowest BCUT2D eigenvalue weighted by Crippen LogP contribution is -2.21. The summed E-state index contributed by atoms with van der Waals surface area (Å²) in [5.41, 5.74) is 15.8. The predicted molar refractivity (Wildman–Crippen MR) is 242 cm³/mol. The summed E-state index contributed by atoms with van der Waals surface area (Å²) in [5, 5.41) is 2.25. The van der Waals surface area contributed by atoms with Crippen molar-refractivity contribution >= 4 is 44.9 Å². The minimum Gasteiger partial charge on any atom is -0.452 e. The molecule has 2 aliphatic rings. The highest BCUT2D eigenvalue weighted by molar-refractivity contribution is 6.10.